The van der Waals surface area contributed by atoms with Gasteiger partial charge in [-0.2, -0.15) is 0 Å². The predicted octanol–water partition coefficient (Wildman–Crippen LogP) is 0.768. The first-order chi connectivity index (χ1) is 12.5. The lowest BCUT2D eigenvalue weighted by Gasteiger charge is -2.65. The van der Waals surface area contributed by atoms with E-state index in [4.69, 9.17) is 0 Å². The number of aliphatic hydroxyl groups excluding tert-OH is 3. The highest BCUT2D eigenvalue weighted by atomic mass is 16.3. The van der Waals surface area contributed by atoms with E-state index in [0.717, 1.165) is 6.42 Å². The van der Waals surface area contributed by atoms with Crippen LogP contribution in [0.3, 0.4) is 0 Å². The lowest BCUT2D eigenvalue weighted by atomic mass is 9.42. The summed E-state index contributed by atoms with van der Waals surface area (Å²) in [6, 6.07) is 0. The number of carbonyl (C=O) groups is 1. The molecule has 4 saturated carbocycles. The quantitative estimate of drug-likeness (QED) is 0.481. The minimum atomic E-state index is -1.59. The molecule has 0 heterocycles. The van der Waals surface area contributed by atoms with Gasteiger partial charge < -0.3 is 25.5 Å². The SMILES string of the molecule is C[C@]12C[C@H](O)[C@H]3[C@@H](CC[C@@]4(O)C[C@H](O)CC[C@]34C)[C@@H]1CC[C@]2(O)C(=O)CO. The van der Waals surface area contributed by atoms with Crippen molar-refractivity contribution in [1.29, 1.82) is 0 Å². The van der Waals surface area contributed by atoms with Gasteiger partial charge in [-0.15, -0.1) is 0 Å². The molecule has 0 aromatic carbocycles. The third-order valence-corrected chi connectivity index (χ3v) is 9.47. The minimum Gasteiger partial charge on any atom is -0.393 e. The molecule has 4 aliphatic carbocycles. The molecule has 27 heavy (non-hydrogen) atoms. The van der Waals surface area contributed by atoms with Gasteiger partial charge in [0.1, 0.15) is 12.2 Å². The van der Waals surface area contributed by atoms with Gasteiger partial charge in [-0.1, -0.05) is 13.8 Å². The van der Waals surface area contributed by atoms with Crippen LogP contribution in [0, 0.1) is 28.6 Å². The second kappa shape index (κ2) is 5.99. The Morgan fingerprint density at radius 3 is 2.33 bits per heavy atom. The van der Waals surface area contributed by atoms with E-state index in [-0.39, 0.29) is 17.8 Å². The number of fused-ring (bicyclic) bond motifs is 5. The molecule has 0 aliphatic heterocycles. The predicted molar refractivity (Wildman–Crippen MR) is 97.6 cm³/mol. The number of Topliss-reactive ketones (excluding diaryl/α,β-unsaturated/α-hetero) is 1. The fourth-order valence-electron chi connectivity index (χ4n) is 7.94. The summed E-state index contributed by atoms with van der Waals surface area (Å²) in [7, 11) is 0. The number of rotatable bonds is 2. The van der Waals surface area contributed by atoms with E-state index in [1.165, 1.54) is 0 Å². The summed E-state index contributed by atoms with van der Waals surface area (Å²) in [6.07, 6.45) is 3.06. The average molecular weight is 382 g/mol. The van der Waals surface area contributed by atoms with Crippen LogP contribution in [0.5, 0.6) is 0 Å². The summed E-state index contributed by atoms with van der Waals surface area (Å²) in [5, 5.41) is 53.3. The van der Waals surface area contributed by atoms with E-state index in [2.05, 4.69) is 6.92 Å². The molecular weight excluding hydrogens is 348 g/mol. The third kappa shape index (κ3) is 2.34. The topological polar surface area (TPSA) is 118 Å². The smallest absolute Gasteiger partial charge is 0.190 e. The molecule has 9 atom stereocenters. The van der Waals surface area contributed by atoms with Crippen molar-refractivity contribution >= 4 is 5.78 Å². The molecule has 4 rings (SSSR count). The Kier molecular flexibility index (Phi) is 4.38. The number of carbonyl (C=O) groups excluding carboxylic acids is 1. The van der Waals surface area contributed by atoms with Crippen molar-refractivity contribution in [3.8, 4) is 0 Å². The molecule has 154 valence electrons. The maximum Gasteiger partial charge on any atom is 0.190 e. The Morgan fingerprint density at radius 2 is 1.67 bits per heavy atom. The van der Waals surface area contributed by atoms with Gasteiger partial charge in [-0.3, -0.25) is 4.79 Å². The van der Waals surface area contributed by atoms with Crippen molar-refractivity contribution in [2.24, 2.45) is 28.6 Å². The van der Waals surface area contributed by atoms with Gasteiger partial charge >= 0.3 is 0 Å². The zero-order valence-electron chi connectivity index (χ0n) is 16.4. The first-order valence-corrected chi connectivity index (χ1v) is 10.5. The van der Waals surface area contributed by atoms with Crippen molar-refractivity contribution < 1.29 is 30.3 Å². The zero-order valence-corrected chi connectivity index (χ0v) is 16.4. The molecule has 0 saturated heterocycles. The fraction of sp³-hybridized carbons (Fsp3) is 0.952. The van der Waals surface area contributed by atoms with Gasteiger partial charge in [-0.25, -0.2) is 0 Å². The van der Waals surface area contributed by atoms with Crippen LogP contribution in [0.25, 0.3) is 0 Å². The van der Waals surface area contributed by atoms with Crippen LogP contribution in [0.2, 0.25) is 0 Å². The average Bonchev–Trinajstić information content (AvgIpc) is 2.87. The Hall–Kier alpha value is -0.530. The van der Waals surface area contributed by atoms with Crippen LogP contribution < -0.4 is 0 Å². The number of aliphatic hydroxyl groups is 5. The molecule has 4 fully saturated rings. The molecule has 0 spiro atoms. The third-order valence-electron chi connectivity index (χ3n) is 9.47. The number of hydrogen-bond acceptors (Lipinski definition) is 6. The molecule has 0 aromatic rings. The molecule has 6 heteroatoms. The number of hydrogen-bond donors (Lipinski definition) is 5. The van der Waals surface area contributed by atoms with Crippen molar-refractivity contribution in [2.75, 3.05) is 6.61 Å². The molecule has 5 N–H and O–H groups in total. The maximum atomic E-state index is 12.4. The van der Waals surface area contributed by atoms with Crippen LogP contribution in [-0.2, 0) is 4.79 Å². The minimum absolute atomic E-state index is 0.0830. The second-order valence-corrected chi connectivity index (χ2v) is 10.3. The van der Waals surface area contributed by atoms with E-state index in [1.807, 2.05) is 6.92 Å². The van der Waals surface area contributed by atoms with Gasteiger partial charge in [-0.05, 0) is 62.7 Å². The van der Waals surface area contributed by atoms with E-state index in [9.17, 15) is 30.3 Å². The van der Waals surface area contributed by atoms with Crippen LogP contribution in [-0.4, -0.2) is 61.3 Å². The first kappa shape index (κ1) is 19.8. The lowest BCUT2D eigenvalue weighted by molar-refractivity contribution is -0.252. The first-order valence-electron chi connectivity index (χ1n) is 10.5. The van der Waals surface area contributed by atoms with Crippen LogP contribution in [0.1, 0.15) is 65.2 Å². The van der Waals surface area contributed by atoms with E-state index in [0.29, 0.717) is 44.9 Å². The zero-order chi connectivity index (χ0) is 19.8. The molecular formula is C21H34O6. The van der Waals surface area contributed by atoms with Crippen LogP contribution in [0.15, 0.2) is 0 Å². The summed E-state index contributed by atoms with van der Waals surface area (Å²) in [5.74, 6) is -0.440. The van der Waals surface area contributed by atoms with Crippen molar-refractivity contribution in [3.05, 3.63) is 0 Å². The second-order valence-electron chi connectivity index (χ2n) is 10.3. The number of ketones is 1. The highest BCUT2D eigenvalue weighted by Crippen LogP contribution is 2.69. The largest absolute Gasteiger partial charge is 0.393 e. The van der Waals surface area contributed by atoms with Gasteiger partial charge in [0.25, 0.3) is 0 Å². The molecule has 0 aromatic heterocycles. The molecule has 6 nitrogen and oxygen atoms in total. The van der Waals surface area contributed by atoms with Crippen LogP contribution >= 0.6 is 0 Å². The maximum absolute atomic E-state index is 12.4. The highest BCUT2D eigenvalue weighted by molar-refractivity contribution is 5.89. The lowest BCUT2D eigenvalue weighted by Crippen LogP contribution is -2.67. The Balaban J connectivity index is 1.72. The van der Waals surface area contributed by atoms with Gasteiger partial charge in [0.15, 0.2) is 5.78 Å². The molecule has 0 unspecified atom stereocenters. The summed E-state index contributed by atoms with van der Waals surface area (Å²) in [6.45, 7) is 3.27. The molecule has 0 bridgehead atoms. The van der Waals surface area contributed by atoms with Crippen molar-refractivity contribution in [1.82, 2.24) is 0 Å². The van der Waals surface area contributed by atoms with Gasteiger partial charge in [0.2, 0.25) is 0 Å². The monoisotopic (exact) mass is 382 g/mol. The van der Waals surface area contributed by atoms with Crippen LogP contribution in [0.4, 0.5) is 0 Å². The van der Waals surface area contributed by atoms with Crippen molar-refractivity contribution in [3.63, 3.8) is 0 Å². The summed E-state index contributed by atoms with van der Waals surface area (Å²) in [4.78, 5) is 12.4. The Morgan fingerprint density at radius 1 is 0.963 bits per heavy atom. The standard InChI is InChI=1S/C21H34O6/c1-18-6-3-12(23)9-20(18,26)7-4-13-14-5-8-21(27,16(25)11-22)19(14,2)10-15(24)17(13)18/h12-15,17,22-24,26-27H,3-11H2,1-2H3/t12-,13+,14+,15+,17-,18-,19+,20-,21+/m1/s1. The Bertz CT molecular complexity index is 638. The van der Waals surface area contributed by atoms with E-state index in [1.54, 1.807) is 0 Å². The molecule has 4 aliphatic rings. The fourth-order valence-corrected chi connectivity index (χ4v) is 7.94. The molecule has 0 amide bonds. The van der Waals surface area contributed by atoms with E-state index < -0.39 is 46.6 Å². The molecule has 0 radical (unpaired) electrons. The highest BCUT2D eigenvalue weighted by Gasteiger charge is 2.70. The summed E-state index contributed by atoms with van der Waals surface area (Å²) < 4.78 is 0. The van der Waals surface area contributed by atoms with E-state index >= 15 is 0 Å². The summed E-state index contributed by atoms with van der Waals surface area (Å²) in [5.41, 5.74) is -3.79. The Labute approximate surface area is 160 Å². The summed E-state index contributed by atoms with van der Waals surface area (Å²) >= 11 is 0. The van der Waals surface area contributed by atoms with Crippen molar-refractivity contribution in [2.45, 2.75) is 88.6 Å². The normalized spacial score (nSPS) is 57.5. The van der Waals surface area contributed by atoms with Gasteiger partial charge in [0.05, 0.1) is 17.8 Å². The van der Waals surface area contributed by atoms with Gasteiger partial charge in [0, 0.05) is 17.3 Å².